The Labute approximate surface area is 211 Å². The van der Waals surface area contributed by atoms with Crippen molar-refractivity contribution in [2.45, 2.75) is 58.0 Å². The number of benzene rings is 2. The van der Waals surface area contributed by atoms with E-state index in [1.54, 1.807) is 17.0 Å². The van der Waals surface area contributed by atoms with Gasteiger partial charge in [-0.2, -0.15) is 0 Å². The van der Waals surface area contributed by atoms with Gasteiger partial charge in [-0.1, -0.05) is 25.1 Å². The SMILES string of the molecule is CC1(C2(C)CC(C3OCc4cc(-c5ccc(C(=O)NCCO)cc5)ccc4O3)CCN2C(=O)O)CC1. The van der Waals surface area contributed by atoms with Crippen LogP contribution in [0.4, 0.5) is 4.79 Å². The predicted molar refractivity (Wildman–Crippen MR) is 134 cm³/mol. The Bertz CT molecular complexity index is 1150. The average Bonchev–Trinajstić information content (AvgIpc) is 3.65. The molecule has 5 rings (SSSR count). The van der Waals surface area contributed by atoms with Crippen molar-refractivity contribution in [1.29, 1.82) is 0 Å². The molecule has 0 aromatic heterocycles. The molecular weight excluding hydrogens is 460 g/mol. The Kier molecular flexibility index (Phi) is 6.43. The van der Waals surface area contributed by atoms with Gasteiger partial charge >= 0.3 is 6.09 Å². The first-order chi connectivity index (χ1) is 17.2. The minimum atomic E-state index is -0.841. The van der Waals surface area contributed by atoms with Crippen LogP contribution in [0.25, 0.3) is 11.1 Å². The number of carboxylic acid groups (broad SMARTS) is 1. The summed E-state index contributed by atoms with van der Waals surface area (Å²) in [5.41, 5.74) is 3.09. The zero-order valence-corrected chi connectivity index (χ0v) is 20.8. The van der Waals surface area contributed by atoms with Crippen molar-refractivity contribution in [3.8, 4) is 16.9 Å². The zero-order valence-electron chi connectivity index (χ0n) is 20.8. The Balaban J connectivity index is 1.28. The molecule has 0 bridgehead atoms. The molecule has 192 valence electrons. The molecule has 3 atom stereocenters. The lowest BCUT2D eigenvalue weighted by atomic mass is 9.71. The molecule has 3 unspecified atom stereocenters. The van der Waals surface area contributed by atoms with Crippen LogP contribution in [0.5, 0.6) is 5.75 Å². The van der Waals surface area contributed by atoms with E-state index < -0.39 is 17.9 Å². The molecule has 1 saturated carbocycles. The monoisotopic (exact) mass is 494 g/mol. The number of rotatable bonds is 6. The van der Waals surface area contributed by atoms with Crippen LogP contribution in [0.2, 0.25) is 0 Å². The first-order valence-electron chi connectivity index (χ1n) is 12.7. The van der Waals surface area contributed by atoms with Gasteiger partial charge in [0, 0.05) is 35.7 Å². The summed E-state index contributed by atoms with van der Waals surface area (Å²) in [6, 6.07) is 13.4. The van der Waals surface area contributed by atoms with Crippen LogP contribution in [0.1, 0.15) is 55.5 Å². The van der Waals surface area contributed by atoms with Crippen molar-refractivity contribution < 1.29 is 29.3 Å². The number of ether oxygens (including phenoxy) is 2. The number of nitrogens with one attached hydrogen (secondary N) is 1. The van der Waals surface area contributed by atoms with E-state index in [0.29, 0.717) is 25.1 Å². The van der Waals surface area contributed by atoms with E-state index >= 15 is 0 Å². The number of likely N-dealkylation sites (tertiary alicyclic amines) is 1. The van der Waals surface area contributed by atoms with Crippen molar-refractivity contribution in [3.63, 3.8) is 0 Å². The Morgan fingerprint density at radius 3 is 2.50 bits per heavy atom. The number of carbonyl (C=O) groups is 2. The fourth-order valence-corrected chi connectivity index (χ4v) is 5.74. The fourth-order valence-electron chi connectivity index (χ4n) is 5.74. The van der Waals surface area contributed by atoms with E-state index in [1.807, 2.05) is 24.3 Å². The minimum absolute atomic E-state index is 0.0145. The highest BCUT2D eigenvalue weighted by Crippen LogP contribution is 2.60. The number of piperidine rings is 1. The number of amides is 2. The summed E-state index contributed by atoms with van der Waals surface area (Å²) < 4.78 is 12.5. The molecule has 36 heavy (non-hydrogen) atoms. The first kappa shape index (κ1) is 24.6. The van der Waals surface area contributed by atoms with Crippen molar-refractivity contribution in [1.82, 2.24) is 10.2 Å². The van der Waals surface area contributed by atoms with E-state index in [-0.39, 0.29) is 30.4 Å². The lowest BCUT2D eigenvalue weighted by Gasteiger charge is -2.51. The third-order valence-corrected chi connectivity index (χ3v) is 8.48. The molecular formula is C28H34N2O6. The molecule has 3 aliphatic rings. The highest BCUT2D eigenvalue weighted by molar-refractivity contribution is 5.94. The Hall–Kier alpha value is -3.10. The van der Waals surface area contributed by atoms with Crippen molar-refractivity contribution in [2.24, 2.45) is 11.3 Å². The lowest BCUT2D eigenvalue weighted by Crippen LogP contribution is -2.60. The van der Waals surface area contributed by atoms with Gasteiger partial charge in [-0.3, -0.25) is 4.79 Å². The van der Waals surface area contributed by atoms with Crippen molar-refractivity contribution >= 4 is 12.0 Å². The van der Waals surface area contributed by atoms with E-state index in [9.17, 15) is 14.7 Å². The smallest absolute Gasteiger partial charge is 0.407 e. The molecule has 2 heterocycles. The maximum atomic E-state index is 12.1. The fraction of sp³-hybridized carbons (Fsp3) is 0.500. The normalized spacial score (nSPS) is 26.5. The second-order valence-electron chi connectivity index (χ2n) is 10.7. The van der Waals surface area contributed by atoms with Crippen LogP contribution >= 0.6 is 0 Å². The van der Waals surface area contributed by atoms with Gasteiger partial charge in [-0.25, -0.2) is 4.79 Å². The minimum Gasteiger partial charge on any atom is -0.465 e. The molecule has 3 N–H and O–H groups in total. The summed E-state index contributed by atoms with van der Waals surface area (Å²) in [7, 11) is 0. The largest absolute Gasteiger partial charge is 0.465 e. The molecule has 2 fully saturated rings. The van der Waals surface area contributed by atoms with E-state index in [4.69, 9.17) is 14.6 Å². The average molecular weight is 495 g/mol. The number of hydrogen-bond donors (Lipinski definition) is 3. The van der Waals surface area contributed by atoms with Gasteiger partial charge in [-0.05, 0) is 73.4 Å². The summed E-state index contributed by atoms with van der Waals surface area (Å²) in [5, 5.41) is 21.3. The van der Waals surface area contributed by atoms with Crippen molar-refractivity contribution in [3.05, 3.63) is 53.6 Å². The summed E-state index contributed by atoms with van der Waals surface area (Å²) in [6.45, 7) is 5.34. The van der Waals surface area contributed by atoms with E-state index in [2.05, 4.69) is 25.2 Å². The highest BCUT2D eigenvalue weighted by atomic mass is 16.7. The van der Waals surface area contributed by atoms with Crippen LogP contribution in [0, 0.1) is 11.3 Å². The van der Waals surface area contributed by atoms with Crippen LogP contribution in [0.3, 0.4) is 0 Å². The van der Waals surface area contributed by atoms with Crippen LogP contribution in [-0.2, 0) is 11.3 Å². The van der Waals surface area contributed by atoms with Crippen molar-refractivity contribution in [2.75, 3.05) is 19.7 Å². The Morgan fingerprint density at radius 2 is 1.83 bits per heavy atom. The van der Waals surface area contributed by atoms with Gasteiger partial charge < -0.3 is 29.9 Å². The molecule has 2 aliphatic heterocycles. The van der Waals surface area contributed by atoms with Gasteiger partial charge in [-0.15, -0.1) is 0 Å². The summed E-state index contributed by atoms with van der Waals surface area (Å²) in [5.74, 6) is 0.713. The number of nitrogens with zero attached hydrogens (tertiary/aromatic N) is 1. The molecule has 8 nitrogen and oxygen atoms in total. The molecule has 0 spiro atoms. The number of carbonyl (C=O) groups excluding carboxylic acids is 1. The number of aliphatic hydroxyl groups is 1. The molecule has 2 aromatic carbocycles. The first-order valence-corrected chi connectivity index (χ1v) is 12.7. The molecule has 0 radical (unpaired) electrons. The van der Waals surface area contributed by atoms with E-state index in [1.165, 1.54) is 0 Å². The maximum Gasteiger partial charge on any atom is 0.407 e. The highest BCUT2D eigenvalue weighted by Gasteiger charge is 2.60. The van der Waals surface area contributed by atoms with Gasteiger partial charge in [0.15, 0.2) is 0 Å². The molecule has 1 saturated heterocycles. The number of aliphatic hydroxyl groups excluding tert-OH is 1. The second-order valence-corrected chi connectivity index (χ2v) is 10.7. The molecule has 2 amide bonds. The molecule has 1 aliphatic carbocycles. The predicted octanol–water partition coefficient (Wildman–Crippen LogP) is 4.26. The Morgan fingerprint density at radius 1 is 1.11 bits per heavy atom. The standard InChI is InChI=1S/C28H34N2O6/c1-27(10-11-27)28(2)16-21(9-13-30(28)26(33)34)25-35-17-22-15-20(7-8-23(22)36-25)18-3-5-19(6-4-18)24(32)29-12-14-31/h3-8,15,21,25,31H,9-14,16-17H2,1-2H3,(H,29,32)(H,33,34). The van der Waals surface area contributed by atoms with Gasteiger partial charge in [0.25, 0.3) is 5.91 Å². The topological polar surface area (TPSA) is 108 Å². The van der Waals surface area contributed by atoms with Gasteiger partial charge in [0.05, 0.1) is 13.2 Å². The maximum absolute atomic E-state index is 12.1. The zero-order chi connectivity index (χ0) is 25.5. The number of fused-ring (bicyclic) bond motifs is 1. The summed E-state index contributed by atoms with van der Waals surface area (Å²) in [4.78, 5) is 25.7. The third-order valence-electron chi connectivity index (χ3n) is 8.48. The van der Waals surface area contributed by atoms with Crippen LogP contribution in [-0.4, -0.2) is 58.6 Å². The lowest BCUT2D eigenvalue weighted by molar-refractivity contribution is -0.163. The van der Waals surface area contributed by atoms with E-state index in [0.717, 1.165) is 41.7 Å². The summed E-state index contributed by atoms with van der Waals surface area (Å²) in [6.07, 6.45) is 2.31. The number of hydrogen-bond acceptors (Lipinski definition) is 5. The van der Waals surface area contributed by atoms with Crippen LogP contribution < -0.4 is 10.1 Å². The third kappa shape index (κ3) is 4.44. The van der Waals surface area contributed by atoms with Gasteiger partial charge in [0.1, 0.15) is 5.75 Å². The van der Waals surface area contributed by atoms with Gasteiger partial charge in [0.2, 0.25) is 6.29 Å². The summed E-state index contributed by atoms with van der Waals surface area (Å²) >= 11 is 0. The quantitative estimate of drug-likeness (QED) is 0.554. The molecule has 2 aromatic rings. The molecule has 8 heteroatoms. The second kappa shape index (κ2) is 9.41. The van der Waals surface area contributed by atoms with Crippen LogP contribution in [0.15, 0.2) is 42.5 Å².